The van der Waals surface area contributed by atoms with Crippen molar-refractivity contribution < 1.29 is 29.9 Å². The zero-order valence-electron chi connectivity index (χ0n) is 11.2. The topological polar surface area (TPSA) is 125 Å². The Hall–Kier alpha value is -0.540. The third-order valence-corrected chi connectivity index (χ3v) is 3.29. The second-order valence-electron chi connectivity index (χ2n) is 4.89. The molecule has 1 aliphatic rings. The third-order valence-electron chi connectivity index (χ3n) is 3.29. The van der Waals surface area contributed by atoms with E-state index in [0.29, 0.717) is 0 Å². The van der Waals surface area contributed by atoms with Gasteiger partial charge in [0.1, 0.15) is 12.2 Å². The van der Waals surface area contributed by atoms with E-state index < -0.39 is 42.7 Å². The molecule has 0 bridgehead atoms. The third kappa shape index (κ3) is 4.49. The van der Waals surface area contributed by atoms with Crippen LogP contribution in [0.2, 0.25) is 0 Å². The van der Waals surface area contributed by atoms with E-state index in [2.05, 4.69) is 6.58 Å². The highest BCUT2D eigenvalue weighted by Gasteiger charge is 2.42. The Morgan fingerprint density at radius 1 is 1.30 bits per heavy atom. The van der Waals surface area contributed by atoms with Crippen molar-refractivity contribution in [3.8, 4) is 0 Å². The van der Waals surface area contributed by atoms with Crippen LogP contribution in [-0.4, -0.2) is 76.3 Å². The van der Waals surface area contributed by atoms with Crippen LogP contribution in [-0.2, 0) is 9.47 Å². The molecule has 1 saturated heterocycles. The number of rotatable bonds is 8. The van der Waals surface area contributed by atoms with Crippen molar-refractivity contribution in [2.45, 2.75) is 49.1 Å². The summed E-state index contributed by atoms with van der Waals surface area (Å²) in [7, 11) is 0. The molecule has 7 atom stereocenters. The zero-order chi connectivity index (χ0) is 15.3. The lowest BCUT2D eigenvalue weighted by Gasteiger charge is -2.26. The van der Waals surface area contributed by atoms with Gasteiger partial charge in [-0.15, -0.1) is 6.58 Å². The number of hydrogen-bond donors (Lipinski definition) is 5. The molecule has 6 N–H and O–H groups in total. The number of hydrogen-bond acceptors (Lipinski definition) is 7. The number of nitrogens with two attached hydrogens (primary N) is 1. The molecule has 1 heterocycles. The fourth-order valence-electron chi connectivity index (χ4n) is 2.01. The van der Waals surface area contributed by atoms with Crippen molar-refractivity contribution in [1.82, 2.24) is 0 Å². The SMILES string of the molecule is [CH][C@@H]1O[C@H](C[C@H](O)[C@@H](N)[C@@H](O)COCC=C)[C@H](O)C1O. The van der Waals surface area contributed by atoms with Crippen LogP contribution in [0.3, 0.4) is 0 Å². The summed E-state index contributed by atoms with van der Waals surface area (Å²) in [5.74, 6) is 0. The van der Waals surface area contributed by atoms with Gasteiger partial charge in [-0.25, -0.2) is 0 Å². The Kier molecular flexibility index (Phi) is 7.04. The Morgan fingerprint density at radius 2 is 1.95 bits per heavy atom. The first kappa shape index (κ1) is 17.5. The molecule has 0 saturated carbocycles. The molecule has 116 valence electrons. The minimum Gasteiger partial charge on any atom is -0.391 e. The second kappa shape index (κ2) is 8.04. The molecule has 7 heteroatoms. The van der Waals surface area contributed by atoms with Crippen molar-refractivity contribution in [2.75, 3.05) is 13.2 Å². The van der Waals surface area contributed by atoms with Gasteiger partial charge in [-0.3, -0.25) is 0 Å². The van der Waals surface area contributed by atoms with Gasteiger partial charge >= 0.3 is 0 Å². The molecule has 7 nitrogen and oxygen atoms in total. The molecule has 1 unspecified atom stereocenters. The standard InChI is InChI=1S/C13H23NO6/c1-3-4-19-6-9(16)11(14)8(15)5-10-13(18)12(17)7(2)20-10/h2-3,7-13,15-18H,1,4-6,14H2/t7-,8-,9-,10+,11+,12?,13-/m0/s1. The van der Waals surface area contributed by atoms with E-state index in [4.69, 9.17) is 22.1 Å². The highest BCUT2D eigenvalue weighted by molar-refractivity contribution is 4.94. The number of ether oxygens (including phenoxy) is 2. The van der Waals surface area contributed by atoms with Gasteiger partial charge in [-0.1, -0.05) is 6.08 Å². The smallest absolute Gasteiger partial charge is 0.109 e. The monoisotopic (exact) mass is 289 g/mol. The molecule has 0 aromatic heterocycles. The summed E-state index contributed by atoms with van der Waals surface area (Å²) in [4.78, 5) is 0. The van der Waals surface area contributed by atoms with Crippen LogP contribution in [0.25, 0.3) is 0 Å². The Labute approximate surface area is 118 Å². The van der Waals surface area contributed by atoms with Gasteiger partial charge in [0.05, 0.1) is 43.7 Å². The molecule has 0 aromatic rings. The minimum absolute atomic E-state index is 0.0412. The largest absolute Gasteiger partial charge is 0.391 e. The summed E-state index contributed by atoms with van der Waals surface area (Å²) in [6, 6.07) is -0.968. The quantitative estimate of drug-likeness (QED) is 0.254. The van der Waals surface area contributed by atoms with Crippen molar-refractivity contribution in [3.05, 3.63) is 19.6 Å². The molecule has 2 radical (unpaired) electrons. The van der Waals surface area contributed by atoms with Crippen LogP contribution in [0.4, 0.5) is 0 Å². The molecule has 1 fully saturated rings. The van der Waals surface area contributed by atoms with E-state index in [9.17, 15) is 20.4 Å². The van der Waals surface area contributed by atoms with Gasteiger partial charge in [0.2, 0.25) is 0 Å². The minimum atomic E-state index is -1.20. The fraction of sp³-hybridized carbons (Fsp3) is 0.769. The Bertz CT molecular complexity index is 303. The van der Waals surface area contributed by atoms with Gasteiger partial charge in [-0.05, 0) is 6.92 Å². The predicted octanol–water partition coefficient (Wildman–Crippen LogP) is -2.17. The van der Waals surface area contributed by atoms with Crippen LogP contribution in [0.1, 0.15) is 6.42 Å². The van der Waals surface area contributed by atoms with Gasteiger partial charge in [0.15, 0.2) is 0 Å². The molecule has 0 aliphatic carbocycles. The van der Waals surface area contributed by atoms with Crippen molar-refractivity contribution in [3.63, 3.8) is 0 Å². The highest BCUT2D eigenvalue weighted by Crippen LogP contribution is 2.24. The van der Waals surface area contributed by atoms with Crippen LogP contribution in [0.15, 0.2) is 12.7 Å². The Balaban J connectivity index is 2.41. The van der Waals surface area contributed by atoms with Gasteiger partial charge < -0.3 is 35.6 Å². The van der Waals surface area contributed by atoms with E-state index in [1.165, 1.54) is 6.08 Å². The van der Waals surface area contributed by atoms with E-state index in [0.717, 1.165) is 0 Å². The van der Waals surface area contributed by atoms with Crippen LogP contribution < -0.4 is 5.73 Å². The summed E-state index contributed by atoms with van der Waals surface area (Å²) < 4.78 is 10.2. The van der Waals surface area contributed by atoms with E-state index in [1.54, 1.807) is 0 Å². The van der Waals surface area contributed by atoms with Gasteiger partial charge in [0, 0.05) is 6.42 Å². The zero-order valence-corrected chi connectivity index (χ0v) is 11.2. The molecule has 0 aromatic carbocycles. The number of aliphatic hydroxyl groups is 4. The maximum Gasteiger partial charge on any atom is 0.109 e. The maximum absolute atomic E-state index is 9.92. The summed E-state index contributed by atoms with van der Waals surface area (Å²) in [6.07, 6.45) is -4.95. The molecular formula is C13H23NO6. The van der Waals surface area contributed by atoms with Gasteiger partial charge in [-0.2, -0.15) is 0 Å². The molecule has 1 aliphatic heterocycles. The first-order chi connectivity index (χ1) is 9.38. The van der Waals surface area contributed by atoms with Gasteiger partial charge in [0.25, 0.3) is 0 Å². The summed E-state index contributed by atoms with van der Waals surface area (Å²) in [6.45, 7) is 9.12. The Morgan fingerprint density at radius 3 is 2.45 bits per heavy atom. The molecule has 20 heavy (non-hydrogen) atoms. The molecular weight excluding hydrogens is 266 g/mol. The fourth-order valence-corrected chi connectivity index (χ4v) is 2.01. The summed E-state index contributed by atoms with van der Waals surface area (Å²) in [5, 5.41) is 38.8. The summed E-state index contributed by atoms with van der Waals surface area (Å²) in [5.41, 5.74) is 5.70. The van der Waals surface area contributed by atoms with Crippen LogP contribution in [0.5, 0.6) is 0 Å². The molecule has 0 spiro atoms. The van der Waals surface area contributed by atoms with Crippen molar-refractivity contribution >= 4 is 0 Å². The second-order valence-corrected chi connectivity index (χ2v) is 4.89. The van der Waals surface area contributed by atoms with E-state index in [1.807, 2.05) is 0 Å². The normalized spacial score (nSPS) is 34.7. The molecule has 1 rings (SSSR count). The lowest BCUT2D eigenvalue weighted by molar-refractivity contribution is -0.0408. The average molecular weight is 289 g/mol. The highest BCUT2D eigenvalue weighted by atomic mass is 16.5. The first-order valence-electron chi connectivity index (χ1n) is 6.46. The molecule has 0 amide bonds. The summed E-state index contributed by atoms with van der Waals surface area (Å²) >= 11 is 0. The number of aliphatic hydroxyl groups excluding tert-OH is 4. The maximum atomic E-state index is 9.92. The lowest BCUT2D eigenvalue weighted by Crippen LogP contribution is -2.49. The van der Waals surface area contributed by atoms with E-state index >= 15 is 0 Å². The lowest BCUT2D eigenvalue weighted by atomic mass is 9.97. The van der Waals surface area contributed by atoms with Crippen LogP contribution >= 0.6 is 0 Å². The van der Waals surface area contributed by atoms with E-state index in [-0.39, 0.29) is 19.6 Å². The first-order valence-corrected chi connectivity index (χ1v) is 6.46. The van der Waals surface area contributed by atoms with Crippen molar-refractivity contribution in [2.24, 2.45) is 5.73 Å². The average Bonchev–Trinajstić information content (AvgIpc) is 2.65. The van der Waals surface area contributed by atoms with Crippen LogP contribution in [0, 0.1) is 6.92 Å². The van der Waals surface area contributed by atoms with Crippen molar-refractivity contribution in [1.29, 1.82) is 0 Å². The predicted molar refractivity (Wildman–Crippen MR) is 70.6 cm³/mol.